The highest BCUT2D eigenvalue weighted by Crippen LogP contribution is 2.16. The quantitative estimate of drug-likeness (QED) is 0.622. The third kappa shape index (κ3) is 4.38. The van der Waals surface area contributed by atoms with E-state index in [-0.39, 0.29) is 17.2 Å². The summed E-state index contributed by atoms with van der Waals surface area (Å²) in [5.41, 5.74) is 3.98. The summed E-state index contributed by atoms with van der Waals surface area (Å²) in [7, 11) is 0. The normalized spacial score (nSPS) is 9.74. The fourth-order valence-corrected chi connectivity index (χ4v) is 1.42. The molecule has 19 heavy (non-hydrogen) atoms. The lowest BCUT2D eigenvalue weighted by atomic mass is 10.2. The largest absolute Gasteiger partial charge is 0.282 e. The van der Waals surface area contributed by atoms with Gasteiger partial charge >= 0.3 is 0 Å². The maximum Gasteiger partial charge on any atom is 0.282 e. The van der Waals surface area contributed by atoms with Crippen LogP contribution >= 0.6 is 0 Å². The predicted octanol–water partition coefficient (Wildman–Crippen LogP) is 1.55. The number of nitro groups is 1. The van der Waals surface area contributed by atoms with E-state index >= 15 is 0 Å². The third-order valence-electron chi connectivity index (χ3n) is 2.42. The number of hydrogen-bond acceptors (Lipinski definition) is 4. The Morgan fingerprint density at radius 2 is 1.95 bits per heavy atom. The van der Waals surface area contributed by atoms with Crippen LogP contribution < -0.4 is 10.9 Å². The summed E-state index contributed by atoms with van der Waals surface area (Å²) in [6.07, 6.45) is 1.88. The molecule has 0 heterocycles. The Labute approximate surface area is 110 Å². The minimum Gasteiger partial charge on any atom is -0.273 e. The molecule has 0 atom stereocenters. The van der Waals surface area contributed by atoms with Gasteiger partial charge in [0.1, 0.15) is 5.56 Å². The molecular weight excluding hydrogens is 250 g/mol. The van der Waals surface area contributed by atoms with Crippen LogP contribution in [-0.2, 0) is 4.79 Å². The van der Waals surface area contributed by atoms with Gasteiger partial charge < -0.3 is 0 Å². The van der Waals surface area contributed by atoms with Crippen molar-refractivity contribution in [3.63, 3.8) is 0 Å². The number of carbonyl (C=O) groups excluding carboxylic acids is 2. The highest BCUT2D eigenvalue weighted by Gasteiger charge is 2.19. The number of benzene rings is 1. The fraction of sp³-hybridized carbons (Fsp3) is 0.333. The fourth-order valence-electron chi connectivity index (χ4n) is 1.42. The summed E-state index contributed by atoms with van der Waals surface area (Å²) in [5.74, 6) is -1.04. The molecule has 2 amide bonds. The van der Waals surface area contributed by atoms with E-state index in [0.29, 0.717) is 12.8 Å². The van der Waals surface area contributed by atoms with Gasteiger partial charge in [-0.25, -0.2) is 0 Å². The van der Waals surface area contributed by atoms with Gasteiger partial charge in [-0.3, -0.25) is 30.6 Å². The van der Waals surface area contributed by atoms with E-state index in [1.807, 2.05) is 6.92 Å². The van der Waals surface area contributed by atoms with Crippen molar-refractivity contribution < 1.29 is 14.5 Å². The van der Waals surface area contributed by atoms with Crippen LogP contribution in [0.15, 0.2) is 24.3 Å². The maximum atomic E-state index is 11.7. The minimum absolute atomic E-state index is 0.0942. The molecule has 102 valence electrons. The van der Waals surface area contributed by atoms with Gasteiger partial charge in [0.25, 0.3) is 11.6 Å². The van der Waals surface area contributed by atoms with Crippen LogP contribution in [0.1, 0.15) is 36.5 Å². The van der Waals surface area contributed by atoms with Gasteiger partial charge in [0, 0.05) is 12.5 Å². The first-order chi connectivity index (χ1) is 9.06. The molecule has 0 radical (unpaired) electrons. The van der Waals surface area contributed by atoms with Crippen LogP contribution in [0.4, 0.5) is 5.69 Å². The number of unbranched alkanes of at least 4 members (excludes halogenated alkanes) is 1. The molecule has 0 bridgehead atoms. The lowest BCUT2D eigenvalue weighted by Gasteiger charge is -2.07. The topological polar surface area (TPSA) is 101 Å². The van der Waals surface area contributed by atoms with Gasteiger partial charge in [-0.1, -0.05) is 25.5 Å². The Morgan fingerprint density at radius 3 is 2.58 bits per heavy atom. The molecule has 0 spiro atoms. The molecule has 0 fully saturated rings. The van der Waals surface area contributed by atoms with Gasteiger partial charge in [0.15, 0.2) is 0 Å². The van der Waals surface area contributed by atoms with Crippen molar-refractivity contribution in [2.45, 2.75) is 26.2 Å². The smallest absolute Gasteiger partial charge is 0.273 e. The number of hydrogen-bond donors (Lipinski definition) is 2. The van der Waals surface area contributed by atoms with Crippen LogP contribution in [-0.4, -0.2) is 16.7 Å². The second-order valence-corrected chi connectivity index (χ2v) is 3.88. The average Bonchev–Trinajstić information content (AvgIpc) is 2.42. The Bertz CT molecular complexity index is 488. The maximum absolute atomic E-state index is 11.7. The molecule has 1 aromatic rings. The van der Waals surface area contributed by atoms with E-state index in [2.05, 4.69) is 10.9 Å². The van der Waals surface area contributed by atoms with Crippen LogP contribution in [0.3, 0.4) is 0 Å². The van der Waals surface area contributed by atoms with Crippen molar-refractivity contribution in [3.05, 3.63) is 39.9 Å². The summed E-state index contributed by atoms with van der Waals surface area (Å²) >= 11 is 0. The molecule has 0 unspecified atom stereocenters. The summed E-state index contributed by atoms with van der Waals surface area (Å²) in [6.45, 7) is 1.94. The summed E-state index contributed by atoms with van der Waals surface area (Å²) in [6, 6.07) is 5.54. The van der Waals surface area contributed by atoms with Gasteiger partial charge in [0.05, 0.1) is 4.92 Å². The number of rotatable bonds is 5. The first-order valence-corrected chi connectivity index (χ1v) is 5.89. The number of nitrogens with zero attached hydrogens (tertiary/aromatic N) is 1. The molecule has 0 saturated heterocycles. The second-order valence-electron chi connectivity index (χ2n) is 3.88. The number of carbonyl (C=O) groups is 2. The van der Waals surface area contributed by atoms with E-state index < -0.39 is 10.8 Å². The van der Waals surface area contributed by atoms with Crippen LogP contribution in [0.25, 0.3) is 0 Å². The molecule has 0 saturated carbocycles. The SMILES string of the molecule is CCCCC(=O)NNC(=O)c1ccccc1[N+](=O)[O-]. The lowest BCUT2D eigenvalue weighted by molar-refractivity contribution is -0.385. The number of hydrazine groups is 1. The van der Waals surface area contributed by atoms with Gasteiger partial charge in [0.2, 0.25) is 5.91 Å². The van der Waals surface area contributed by atoms with E-state index in [1.165, 1.54) is 24.3 Å². The van der Waals surface area contributed by atoms with E-state index in [1.54, 1.807) is 0 Å². The standard InChI is InChI=1S/C12H15N3O4/c1-2-3-8-11(16)13-14-12(17)9-6-4-5-7-10(9)15(18)19/h4-7H,2-3,8H2,1H3,(H,13,16)(H,14,17). The zero-order valence-electron chi connectivity index (χ0n) is 10.5. The molecule has 7 heteroatoms. The molecular formula is C12H15N3O4. The van der Waals surface area contributed by atoms with Crippen molar-refractivity contribution in [2.24, 2.45) is 0 Å². The van der Waals surface area contributed by atoms with Crippen molar-refractivity contribution >= 4 is 17.5 Å². The van der Waals surface area contributed by atoms with Crippen LogP contribution in [0, 0.1) is 10.1 Å². The summed E-state index contributed by atoms with van der Waals surface area (Å²) in [4.78, 5) is 33.1. The molecule has 0 aliphatic carbocycles. The second kappa shape index (κ2) is 7.10. The molecule has 1 rings (SSSR count). The zero-order valence-corrected chi connectivity index (χ0v) is 10.5. The highest BCUT2D eigenvalue weighted by atomic mass is 16.6. The van der Waals surface area contributed by atoms with Crippen molar-refractivity contribution in [2.75, 3.05) is 0 Å². The zero-order chi connectivity index (χ0) is 14.3. The minimum atomic E-state index is -0.711. The Morgan fingerprint density at radius 1 is 1.26 bits per heavy atom. The molecule has 2 N–H and O–H groups in total. The summed E-state index contributed by atoms with van der Waals surface area (Å²) in [5, 5.41) is 10.7. The third-order valence-corrected chi connectivity index (χ3v) is 2.42. The Hall–Kier alpha value is -2.44. The van der Waals surface area contributed by atoms with E-state index in [9.17, 15) is 19.7 Å². The van der Waals surface area contributed by atoms with E-state index in [0.717, 1.165) is 6.42 Å². The van der Waals surface area contributed by atoms with Crippen molar-refractivity contribution in [1.82, 2.24) is 10.9 Å². The number of nitro benzene ring substituents is 1. The van der Waals surface area contributed by atoms with E-state index in [4.69, 9.17) is 0 Å². The first kappa shape index (κ1) is 14.6. The van der Waals surface area contributed by atoms with Crippen LogP contribution in [0.5, 0.6) is 0 Å². The molecule has 0 aromatic heterocycles. The summed E-state index contributed by atoms with van der Waals surface area (Å²) < 4.78 is 0. The monoisotopic (exact) mass is 265 g/mol. The number of nitrogens with one attached hydrogen (secondary N) is 2. The van der Waals surface area contributed by atoms with Gasteiger partial charge in [-0.15, -0.1) is 0 Å². The average molecular weight is 265 g/mol. The van der Waals surface area contributed by atoms with Gasteiger partial charge in [-0.2, -0.15) is 0 Å². The first-order valence-electron chi connectivity index (χ1n) is 5.89. The molecule has 1 aromatic carbocycles. The molecule has 0 aliphatic rings. The van der Waals surface area contributed by atoms with Crippen LogP contribution in [0.2, 0.25) is 0 Å². The van der Waals surface area contributed by atoms with Crippen molar-refractivity contribution in [3.8, 4) is 0 Å². The Balaban J connectivity index is 2.64. The lowest BCUT2D eigenvalue weighted by Crippen LogP contribution is -2.41. The predicted molar refractivity (Wildman–Crippen MR) is 68.2 cm³/mol. The molecule has 0 aliphatic heterocycles. The number of para-hydroxylation sites is 1. The molecule has 7 nitrogen and oxygen atoms in total. The number of amides is 2. The van der Waals surface area contributed by atoms with Crippen molar-refractivity contribution in [1.29, 1.82) is 0 Å². The van der Waals surface area contributed by atoms with Gasteiger partial charge in [-0.05, 0) is 12.5 Å². The Kier molecular flexibility index (Phi) is 5.46. The highest BCUT2D eigenvalue weighted by molar-refractivity contribution is 5.98.